The number of amides is 2. The van der Waals surface area contributed by atoms with E-state index in [9.17, 15) is 39.4 Å². The van der Waals surface area contributed by atoms with E-state index in [0.717, 1.165) is 11.1 Å². The van der Waals surface area contributed by atoms with E-state index in [1.165, 1.54) is 0 Å². The van der Waals surface area contributed by atoms with Gasteiger partial charge < -0.3 is 20.1 Å². The van der Waals surface area contributed by atoms with E-state index < -0.39 is 69.6 Å². The standard InChI is InChI=1S/2C24H20N2O5/c2*27-22(18-11-5-2-6-12-18)25-24(15-17-9-3-1-4-10-17)20(16-26(29)30)19-13-7-8-14-21(19)31-23(24)28/h2*1-14,20H,15-16H2,(H,25,27)/t2*20-,24+/m00/s1. The molecule has 0 radical (unpaired) electrons. The van der Waals surface area contributed by atoms with Crippen molar-refractivity contribution in [1.29, 1.82) is 0 Å². The summed E-state index contributed by atoms with van der Waals surface area (Å²) < 4.78 is 11.2. The zero-order valence-electron chi connectivity index (χ0n) is 33.1. The van der Waals surface area contributed by atoms with Crippen LogP contribution in [0.25, 0.3) is 0 Å². The van der Waals surface area contributed by atoms with Crippen molar-refractivity contribution in [2.75, 3.05) is 13.1 Å². The third kappa shape index (κ3) is 9.09. The molecule has 0 saturated heterocycles. The predicted octanol–water partition coefficient (Wildman–Crippen LogP) is 6.75. The first-order chi connectivity index (χ1) is 30.0. The van der Waals surface area contributed by atoms with Crippen LogP contribution in [0.15, 0.2) is 170 Å². The van der Waals surface area contributed by atoms with E-state index in [1.807, 2.05) is 60.7 Å². The number of esters is 2. The van der Waals surface area contributed by atoms with Gasteiger partial charge in [-0.3, -0.25) is 29.8 Å². The zero-order valence-corrected chi connectivity index (χ0v) is 33.1. The lowest BCUT2D eigenvalue weighted by Crippen LogP contribution is -2.64. The molecule has 62 heavy (non-hydrogen) atoms. The van der Waals surface area contributed by atoms with Crippen molar-refractivity contribution in [3.05, 3.63) is 223 Å². The van der Waals surface area contributed by atoms with E-state index in [0.29, 0.717) is 22.3 Å². The fourth-order valence-corrected chi connectivity index (χ4v) is 8.05. The van der Waals surface area contributed by atoms with Gasteiger partial charge in [0, 0.05) is 44.9 Å². The SMILES string of the molecule is O=C(N[C@@]1(Cc2ccccc2)C(=O)Oc2ccccc2[C@@H]1C[N+](=O)[O-])c1ccccc1.O=C(N[C@@]1(Cc2ccccc2)C(=O)Oc2ccccc2[C@@H]1C[N+](=O)[O-])c1ccccc1. The van der Waals surface area contributed by atoms with Crippen molar-refractivity contribution in [3.63, 3.8) is 0 Å². The third-order valence-corrected chi connectivity index (χ3v) is 11.0. The maximum atomic E-state index is 13.4. The fourth-order valence-electron chi connectivity index (χ4n) is 8.05. The van der Waals surface area contributed by atoms with Gasteiger partial charge in [-0.25, -0.2) is 9.59 Å². The Bertz CT molecular complexity index is 2410. The van der Waals surface area contributed by atoms with Crippen LogP contribution in [-0.4, -0.2) is 57.8 Å². The Labute approximate surface area is 355 Å². The maximum absolute atomic E-state index is 13.4. The minimum Gasteiger partial charge on any atom is -0.424 e. The number of hydrogen-bond acceptors (Lipinski definition) is 10. The molecular formula is C48H40N4O10. The van der Waals surface area contributed by atoms with E-state index in [-0.39, 0.29) is 24.3 Å². The lowest BCUT2D eigenvalue weighted by atomic mass is 9.73. The number of nitrogens with one attached hydrogen (secondary N) is 2. The van der Waals surface area contributed by atoms with Crippen LogP contribution in [0.5, 0.6) is 11.5 Å². The number of rotatable bonds is 12. The van der Waals surface area contributed by atoms with E-state index in [1.54, 1.807) is 109 Å². The van der Waals surface area contributed by atoms with Crippen LogP contribution in [0.2, 0.25) is 0 Å². The van der Waals surface area contributed by atoms with Crippen LogP contribution in [0, 0.1) is 20.2 Å². The molecule has 2 aliphatic rings. The van der Waals surface area contributed by atoms with Gasteiger partial charge in [0.05, 0.1) is 11.8 Å². The minimum atomic E-state index is -1.64. The number of carbonyl (C=O) groups excluding carboxylic acids is 4. The van der Waals surface area contributed by atoms with Crippen molar-refractivity contribution in [3.8, 4) is 11.5 Å². The van der Waals surface area contributed by atoms with Gasteiger partial charge >= 0.3 is 11.9 Å². The van der Waals surface area contributed by atoms with Crippen molar-refractivity contribution >= 4 is 23.8 Å². The normalized spacial score (nSPS) is 19.7. The summed E-state index contributed by atoms with van der Waals surface area (Å²) >= 11 is 0. The van der Waals surface area contributed by atoms with Gasteiger partial charge in [-0.05, 0) is 47.5 Å². The lowest BCUT2D eigenvalue weighted by Gasteiger charge is -2.41. The van der Waals surface area contributed by atoms with Crippen LogP contribution in [0.4, 0.5) is 0 Å². The molecule has 6 aromatic rings. The van der Waals surface area contributed by atoms with Crippen LogP contribution in [-0.2, 0) is 22.4 Å². The molecule has 2 N–H and O–H groups in total. The molecule has 2 amide bonds. The molecule has 4 atom stereocenters. The summed E-state index contributed by atoms with van der Waals surface area (Å²) in [5.41, 5.74) is -0.0547. The van der Waals surface area contributed by atoms with Gasteiger partial charge in [-0.15, -0.1) is 0 Å². The number of para-hydroxylation sites is 2. The van der Waals surface area contributed by atoms with Crippen molar-refractivity contribution < 1.29 is 38.5 Å². The molecule has 8 rings (SSSR count). The molecule has 14 heteroatoms. The number of carbonyl (C=O) groups is 4. The molecule has 0 bridgehead atoms. The Morgan fingerprint density at radius 1 is 0.484 bits per heavy atom. The van der Waals surface area contributed by atoms with Gasteiger partial charge in [0.25, 0.3) is 11.8 Å². The average Bonchev–Trinajstić information content (AvgIpc) is 3.28. The first-order valence-electron chi connectivity index (χ1n) is 19.7. The number of nitro groups is 2. The van der Waals surface area contributed by atoms with Crippen LogP contribution in [0.3, 0.4) is 0 Å². The highest BCUT2D eigenvalue weighted by molar-refractivity contribution is 6.01. The molecule has 2 aliphatic heterocycles. The van der Waals surface area contributed by atoms with E-state index >= 15 is 0 Å². The average molecular weight is 833 g/mol. The van der Waals surface area contributed by atoms with Gasteiger partial charge in [0.1, 0.15) is 11.5 Å². The number of nitrogens with zero attached hydrogens (tertiary/aromatic N) is 2. The van der Waals surface area contributed by atoms with Gasteiger partial charge in [0.15, 0.2) is 11.1 Å². The van der Waals surface area contributed by atoms with Gasteiger partial charge in [-0.2, -0.15) is 0 Å². The highest BCUT2D eigenvalue weighted by atomic mass is 16.6. The smallest absolute Gasteiger partial charge is 0.338 e. The molecule has 0 spiro atoms. The largest absolute Gasteiger partial charge is 0.424 e. The molecule has 0 saturated carbocycles. The maximum Gasteiger partial charge on any atom is 0.338 e. The van der Waals surface area contributed by atoms with Crippen molar-refractivity contribution in [1.82, 2.24) is 10.6 Å². The highest BCUT2D eigenvalue weighted by Gasteiger charge is 2.56. The Balaban J connectivity index is 0.000000186. The third-order valence-electron chi connectivity index (χ3n) is 11.0. The molecule has 6 aromatic carbocycles. The molecule has 14 nitrogen and oxygen atoms in total. The molecular weight excluding hydrogens is 793 g/mol. The summed E-state index contributed by atoms with van der Waals surface area (Å²) in [5.74, 6) is -3.70. The van der Waals surface area contributed by atoms with E-state index in [2.05, 4.69) is 10.6 Å². The monoisotopic (exact) mass is 832 g/mol. The van der Waals surface area contributed by atoms with E-state index in [4.69, 9.17) is 9.47 Å². The summed E-state index contributed by atoms with van der Waals surface area (Å²) in [6.07, 6.45) is 0.107. The van der Waals surface area contributed by atoms with Crippen molar-refractivity contribution in [2.24, 2.45) is 0 Å². The fraction of sp³-hybridized carbons (Fsp3) is 0.167. The topological polar surface area (TPSA) is 197 Å². The quantitative estimate of drug-likeness (QED) is 0.0576. The van der Waals surface area contributed by atoms with Gasteiger partial charge in [0.2, 0.25) is 13.1 Å². The summed E-state index contributed by atoms with van der Waals surface area (Å²) in [6, 6.07) is 48.5. The molecule has 2 heterocycles. The number of benzene rings is 6. The molecule has 0 aromatic heterocycles. The van der Waals surface area contributed by atoms with Gasteiger partial charge in [-0.1, -0.05) is 133 Å². The van der Waals surface area contributed by atoms with Crippen molar-refractivity contribution in [2.45, 2.75) is 35.8 Å². The molecule has 312 valence electrons. The van der Waals surface area contributed by atoms with Crippen LogP contribution < -0.4 is 20.1 Å². The summed E-state index contributed by atoms with van der Waals surface area (Å²) in [4.78, 5) is 75.3. The minimum absolute atomic E-state index is 0.0537. The number of ether oxygens (including phenoxy) is 2. The summed E-state index contributed by atoms with van der Waals surface area (Å²) in [6.45, 7) is -1.07. The Hall–Kier alpha value is -8.00. The second kappa shape index (κ2) is 18.5. The predicted molar refractivity (Wildman–Crippen MR) is 227 cm³/mol. The highest BCUT2D eigenvalue weighted by Crippen LogP contribution is 2.44. The molecule has 0 unspecified atom stereocenters. The molecule has 0 aliphatic carbocycles. The zero-order chi connectivity index (χ0) is 43.7. The first-order valence-corrected chi connectivity index (χ1v) is 19.7. The Morgan fingerprint density at radius 2 is 0.790 bits per heavy atom. The molecule has 0 fully saturated rings. The Morgan fingerprint density at radius 3 is 1.13 bits per heavy atom. The Kier molecular flexibility index (Phi) is 12.6. The number of fused-ring (bicyclic) bond motifs is 2. The first kappa shape index (κ1) is 42.1. The second-order valence-corrected chi connectivity index (χ2v) is 14.9. The summed E-state index contributed by atoms with van der Waals surface area (Å²) in [5, 5.41) is 28.9. The second-order valence-electron chi connectivity index (χ2n) is 14.9. The number of hydrogen-bond donors (Lipinski definition) is 2. The summed E-state index contributed by atoms with van der Waals surface area (Å²) in [7, 11) is 0. The van der Waals surface area contributed by atoms with Crippen LogP contribution in [0.1, 0.15) is 54.8 Å². The lowest BCUT2D eigenvalue weighted by molar-refractivity contribution is -0.485. The van der Waals surface area contributed by atoms with Crippen LogP contribution >= 0.6 is 0 Å².